The van der Waals surface area contributed by atoms with E-state index in [1.54, 1.807) is 0 Å². The lowest BCUT2D eigenvalue weighted by molar-refractivity contribution is 0.330. The largest absolute Gasteiger partial charge is 0.504 e. The first kappa shape index (κ1) is 35.2. The summed E-state index contributed by atoms with van der Waals surface area (Å²) in [4.78, 5) is 0. The van der Waals surface area contributed by atoms with Crippen molar-refractivity contribution in [1.29, 1.82) is 0 Å². The summed E-state index contributed by atoms with van der Waals surface area (Å²) in [5.41, 5.74) is 6.68. The normalized spacial score (nSPS) is 11.3. The molecular weight excluding hydrogens is 705 g/mol. The van der Waals surface area contributed by atoms with Crippen LogP contribution in [0.3, 0.4) is 0 Å². The van der Waals surface area contributed by atoms with Crippen molar-refractivity contribution < 1.29 is 25.5 Å². The summed E-state index contributed by atoms with van der Waals surface area (Å²) in [7, 11) is 0. The van der Waals surface area contributed by atoms with Crippen LogP contribution in [0, 0.1) is 0 Å². The van der Waals surface area contributed by atoms with E-state index in [1.807, 2.05) is 62.4 Å². The number of benzene rings is 10. The van der Waals surface area contributed by atoms with E-state index in [4.69, 9.17) is 0 Å². The van der Waals surface area contributed by atoms with E-state index in [9.17, 15) is 25.5 Å². The number of rotatable bonds is 4. The zero-order valence-electron chi connectivity index (χ0n) is 31.3. The van der Waals surface area contributed by atoms with Gasteiger partial charge in [-0.15, -0.1) is 0 Å². The fourth-order valence-electron chi connectivity index (χ4n) is 8.34. The van der Waals surface area contributed by atoms with Crippen LogP contribution in [0.2, 0.25) is 0 Å². The third-order valence-corrected chi connectivity index (χ3v) is 11.0. The summed E-state index contributed by atoms with van der Waals surface area (Å²) in [6.07, 6.45) is 0. The fourth-order valence-corrected chi connectivity index (χ4v) is 8.34. The first-order chi connectivity index (χ1) is 27.9. The number of hydrogen-bond donors (Lipinski definition) is 5. The van der Waals surface area contributed by atoms with Gasteiger partial charge in [-0.2, -0.15) is 0 Å². The number of hydrogen-bond acceptors (Lipinski definition) is 5. The van der Waals surface area contributed by atoms with E-state index in [1.165, 1.54) is 37.9 Å². The van der Waals surface area contributed by atoms with Gasteiger partial charge in [0.2, 0.25) is 17.2 Å². The molecule has 0 aliphatic heterocycles. The predicted molar refractivity (Wildman–Crippen MR) is 235 cm³/mol. The second-order valence-corrected chi connectivity index (χ2v) is 14.0. The van der Waals surface area contributed by atoms with E-state index in [0.29, 0.717) is 16.3 Å². The molecule has 0 spiro atoms. The second-order valence-electron chi connectivity index (χ2n) is 14.0. The Morgan fingerprint density at radius 2 is 0.702 bits per heavy atom. The molecule has 0 fully saturated rings. The van der Waals surface area contributed by atoms with E-state index in [0.717, 1.165) is 38.6 Å². The Labute approximate surface area is 329 Å². The molecule has 0 saturated carbocycles. The van der Waals surface area contributed by atoms with Gasteiger partial charge in [0.25, 0.3) is 0 Å². The lowest BCUT2D eigenvalue weighted by Gasteiger charge is -2.20. The molecule has 0 saturated heterocycles. The second kappa shape index (κ2) is 14.0. The zero-order valence-corrected chi connectivity index (χ0v) is 31.3. The van der Waals surface area contributed by atoms with Crippen molar-refractivity contribution in [1.82, 2.24) is 0 Å². The number of phenolic OH excluding ortho intramolecular Hbond substituents is 5. The molecule has 0 aliphatic rings. The van der Waals surface area contributed by atoms with Gasteiger partial charge in [0, 0.05) is 5.56 Å². The molecule has 0 aromatic heterocycles. The van der Waals surface area contributed by atoms with Crippen LogP contribution in [-0.4, -0.2) is 25.5 Å². The van der Waals surface area contributed by atoms with Gasteiger partial charge in [-0.25, -0.2) is 0 Å². The lowest BCUT2D eigenvalue weighted by atomic mass is 9.85. The Kier molecular flexibility index (Phi) is 8.63. The van der Waals surface area contributed by atoms with E-state index in [-0.39, 0.29) is 5.56 Å². The highest BCUT2D eigenvalue weighted by molar-refractivity contribution is 6.23. The van der Waals surface area contributed by atoms with E-state index >= 15 is 0 Å². The van der Waals surface area contributed by atoms with Crippen LogP contribution >= 0.6 is 0 Å². The minimum absolute atomic E-state index is 0.170. The summed E-state index contributed by atoms with van der Waals surface area (Å²) < 4.78 is 0. The number of aromatic hydroxyl groups is 5. The Morgan fingerprint density at radius 3 is 1.26 bits per heavy atom. The molecule has 0 unspecified atom stereocenters. The summed E-state index contributed by atoms with van der Waals surface area (Å²) in [5, 5.41) is 63.5. The van der Waals surface area contributed by atoms with Gasteiger partial charge < -0.3 is 25.5 Å². The summed E-state index contributed by atoms with van der Waals surface area (Å²) in [6, 6.07) is 56.4. The van der Waals surface area contributed by atoms with Gasteiger partial charge in [-0.3, -0.25) is 0 Å². The summed E-state index contributed by atoms with van der Waals surface area (Å²) in [6.45, 7) is 4.00. The predicted octanol–water partition coefficient (Wildman–Crippen LogP) is 13.7. The van der Waals surface area contributed by atoms with Gasteiger partial charge in [0.15, 0.2) is 11.5 Å². The maximum Gasteiger partial charge on any atom is 0.208 e. The maximum absolute atomic E-state index is 11.0. The van der Waals surface area contributed by atoms with Gasteiger partial charge in [0.1, 0.15) is 0 Å². The lowest BCUT2D eigenvalue weighted by Crippen LogP contribution is -1.92. The van der Waals surface area contributed by atoms with Crippen molar-refractivity contribution in [2.75, 3.05) is 0 Å². The Bertz CT molecular complexity index is 3100. The van der Waals surface area contributed by atoms with E-state index < -0.39 is 28.7 Å². The van der Waals surface area contributed by atoms with Gasteiger partial charge in [0.05, 0.1) is 5.56 Å². The first-order valence-corrected chi connectivity index (χ1v) is 19.1. The molecular formula is C52H38O5. The molecule has 0 aliphatic carbocycles. The van der Waals surface area contributed by atoms with Crippen molar-refractivity contribution in [2.24, 2.45) is 0 Å². The van der Waals surface area contributed by atoms with Crippen molar-refractivity contribution >= 4 is 53.9 Å². The molecule has 0 heterocycles. The minimum atomic E-state index is -0.991. The molecule has 57 heavy (non-hydrogen) atoms. The molecule has 10 rings (SSSR count). The van der Waals surface area contributed by atoms with Crippen molar-refractivity contribution in [3.63, 3.8) is 0 Å². The molecule has 5 heteroatoms. The third kappa shape index (κ3) is 5.63. The fraction of sp³-hybridized carbons (Fsp3) is 0.0385. The number of fused-ring (bicyclic) bond motifs is 6. The highest BCUT2D eigenvalue weighted by atomic mass is 16.4. The van der Waals surface area contributed by atoms with Crippen LogP contribution in [-0.2, 0) is 0 Å². The van der Waals surface area contributed by atoms with Gasteiger partial charge >= 0.3 is 0 Å². The molecule has 10 aromatic carbocycles. The quantitative estimate of drug-likeness (QED) is 0.0535. The van der Waals surface area contributed by atoms with Gasteiger partial charge in [-0.05, 0) is 99.4 Å². The van der Waals surface area contributed by atoms with Crippen LogP contribution in [0.5, 0.6) is 28.7 Å². The number of phenols is 5. The summed E-state index contributed by atoms with van der Waals surface area (Å²) in [5.74, 6) is -4.27. The van der Waals surface area contributed by atoms with E-state index in [2.05, 4.69) is 115 Å². The topological polar surface area (TPSA) is 101 Å². The molecule has 276 valence electrons. The average Bonchev–Trinajstić information content (AvgIpc) is 3.27. The zero-order chi connectivity index (χ0) is 39.4. The van der Waals surface area contributed by atoms with Crippen LogP contribution in [0.15, 0.2) is 164 Å². The Morgan fingerprint density at radius 1 is 0.263 bits per heavy atom. The molecule has 0 amide bonds. The smallest absolute Gasteiger partial charge is 0.208 e. The molecule has 5 nitrogen and oxygen atoms in total. The Balaban J connectivity index is 0.00000208. The minimum Gasteiger partial charge on any atom is -0.504 e. The van der Waals surface area contributed by atoms with Gasteiger partial charge in [-0.1, -0.05) is 166 Å². The highest BCUT2D eigenvalue weighted by Gasteiger charge is 2.28. The van der Waals surface area contributed by atoms with Crippen LogP contribution in [0.1, 0.15) is 13.8 Å². The monoisotopic (exact) mass is 742 g/mol. The molecule has 0 bridgehead atoms. The first-order valence-electron chi connectivity index (χ1n) is 19.1. The molecule has 0 radical (unpaired) electrons. The summed E-state index contributed by atoms with van der Waals surface area (Å²) >= 11 is 0. The molecule has 5 N–H and O–H groups in total. The SMILES string of the molecule is CC.Oc1c(O)c(O)c(-c2c3ccccc3c(-c3ccc(-c4ccc(-c5cccc6c5ccc5cc7ccccc7cc56)cc4)cc3)c3ccccc23)c(O)c1O. The van der Waals surface area contributed by atoms with Crippen LogP contribution < -0.4 is 0 Å². The third-order valence-electron chi connectivity index (χ3n) is 11.0. The molecule has 10 aromatic rings. The van der Waals surface area contributed by atoms with Crippen LogP contribution in [0.4, 0.5) is 0 Å². The van der Waals surface area contributed by atoms with Crippen molar-refractivity contribution in [3.8, 4) is 73.3 Å². The average molecular weight is 743 g/mol. The Hall–Kier alpha value is -7.50. The molecule has 0 atom stereocenters. The van der Waals surface area contributed by atoms with Crippen molar-refractivity contribution in [3.05, 3.63) is 164 Å². The highest BCUT2D eigenvalue weighted by Crippen LogP contribution is 2.57. The standard InChI is InChI=1S/C50H32O5.C2H6/c51-46-45(47(52)49(54)50(55)48(46)53)44-40-12-5-3-10-38(40)43(39-11-4-6-13-41(39)44)31-22-18-29(19-23-31)28-16-20-30(21-17-28)35-14-7-15-36-37(35)25-24-34-26-32-8-1-2-9-33(32)27-42(34)36;1-2/h1-27,51-55H;1-2H3. The van der Waals surface area contributed by atoms with Crippen molar-refractivity contribution in [2.45, 2.75) is 13.8 Å². The maximum atomic E-state index is 11.0. The van der Waals surface area contributed by atoms with Crippen LogP contribution in [0.25, 0.3) is 98.4 Å².